The topological polar surface area (TPSA) is 94.0 Å². The van der Waals surface area contributed by atoms with E-state index in [2.05, 4.69) is 15.5 Å². The molecule has 21 heavy (non-hydrogen) atoms. The second-order valence-corrected chi connectivity index (χ2v) is 4.67. The maximum absolute atomic E-state index is 12.1. The van der Waals surface area contributed by atoms with Gasteiger partial charge in [0.2, 0.25) is 11.8 Å². The Morgan fingerprint density at radius 1 is 1.38 bits per heavy atom. The highest BCUT2D eigenvalue weighted by Gasteiger charge is 2.22. The number of hydrogen-bond donors (Lipinski definition) is 2. The number of aryl methyl sites for hydroxylation is 1. The van der Waals surface area contributed by atoms with E-state index in [-0.39, 0.29) is 36.8 Å². The molecule has 0 aliphatic carbocycles. The van der Waals surface area contributed by atoms with E-state index < -0.39 is 0 Å². The summed E-state index contributed by atoms with van der Waals surface area (Å²) in [6, 6.07) is 9.21. The van der Waals surface area contributed by atoms with Gasteiger partial charge in [-0.1, -0.05) is 42.4 Å². The third-order valence-corrected chi connectivity index (χ3v) is 3.13. The molecule has 1 aromatic carbocycles. The van der Waals surface area contributed by atoms with Gasteiger partial charge < -0.3 is 15.6 Å². The molecule has 0 bridgehead atoms. The first-order valence-electron chi connectivity index (χ1n) is 6.45. The van der Waals surface area contributed by atoms with Crippen molar-refractivity contribution >= 4 is 18.3 Å². The number of rotatable bonds is 5. The Morgan fingerprint density at radius 3 is 2.62 bits per heavy atom. The smallest absolute Gasteiger partial charge is 0.225 e. The molecule has 1 amide bonds. The van der Waals surface area contributed by atoms with Crippen LogP contribution in [-0.2, 0) is 11.3 Å². The third-order valence-electron chi connectivity index (χ3n) is 3.13. The molecule has 0 aliphatic heterocycles. The summed E-state index contributed by atoms with van der Waals surface area (Å²) in [5.74, 6) is 0.453. The zero-order valence-corrected chi connectivity index (χ0v) is 12.8. The molecule has 0 radical (unpaired) electrons. The summed E-state index contributed by atoms with van der Waals surface area (Å²) in [5, 5.41) is 6.48. The van der Waals surface area contributed by atoms with Gasteiger partial charge in [-0.15, -0.1) is 12.4 Å². The number of aromatic nitrogens is 2. The number of hydrogen-bond acceptors (Lipinski definition) is 5. The highest BCUT2D eigenvalue weighted by atomic mass is 35.5. The average Bonchev–Trinajstić information content (AvgIpc) is 2.89. The summed E-state index contributed by atoms with van der Waals surface area (Å²) in [6.07, 6.45) is 0. The lowest BCUT2D eigenvalue weighted by Gasteiger charge is -2.19. The van der Waals surface area contributed by atoms with Crippen LogP contribution >= 0.6 is 12.4 Å². The average molecular weight is 311 g/mol. The van der Waals surface area contributed by atoms with Crippen molar-refractivity contribution in [3.63, 3.8) is 0 Å². The minimum atomic E-state index is -0.344. The standard InChI is InChI=1S/C14H18N4O2.ClH/c1-9(13(15)11-6-4-3-5-7-11)14(19)16-8-12-17-10(2)20-18-12;/h3-7,9,13H,8,15H2,1-2H3,(H,16,19);1H. The summed E-state index contributed by atoms with van der Waals surface area (Å²) in [7, 11) is 0. The van der Waals surface area contributed by atoms with Crippen LogP contribution in [0.1, 0.15) is 30.2 Å². The van der Waals surface area contributed by atoms with Gasteiger partial charge in [-0.05, 0) is 5.56 Å². The normalized spacial score (nSPS) is 13.1. The number of nitrogens with two attached hydrogens (primary N) is 1. The minimum absolute atomic E-state index is 0. The van der Waals surface area contributed by atoms with Crippen LogP contribution in [-0.4, -0.2) is 16.0 Å². The van der Waals surface area contributed by atoms with Gasteiger partial charge in [0.05, 0.1) is 12.5 Å². The highest BCUT2D eigenvalue weighted by Crippen LogP contribution is 2.19. The Balaban J connectivity index is 0.00000220. The maximum atomic E-state index is 12.1. The van der Waals surface area contributed by atoms with Crippen molar-refractivity contribution < 1.29 is 9.32 Å². The Hall–Kier alpha value is -1.92. The largest absolute Gasteiger partial charge is 0.348 e. The zero-order chi connectivity index (χ0) is 14.5. The van der Waals surface area contributed by atoms with Gasteiger partial charge in [-0.2, -0.15) is 4.98 Å². The van der Waals surface area contributed by atoms with Crippen molar-refractivity contribution in [3.05, 3.63) is 47.6 Å². The number of benzene rings is 1. The van der Waals surface area contributed by atoms with Crippen LogP contribution in [0.4, 0.5) is 0 Å². The monoisotopic (exact) mass is 310 g/mol. The molecule has 0 saturated heterocycles. The van der Waals surface area contributed by atoms with Crippen molar-refractivity contribution in [2.75, 3.05) is 0 Å². The zero-order valence-electron chi connectivity index (χ0n) is 11.9. The highest BCUT2D eigenvalue weighted by molar-refractivity contribution is 5.85. The summed E-state index contributed by atoms with van der Waals surface area (Å²) in [4.78, 5) is 16.1. The van der Waals surface area contributed by atoms with E-state index in [4.69, 9.17) is 10.3 Å². The molecule has 114 valence electrons. The van der Waals surface area contributed by atoms with Crippen molar-refractivity contribution in [2.24, 2.45) is 11.7 Å². The fraction of sp³-hybridized carbons (Fsp3) is 0.357. The quantitative estimate of drug-likeness (QED) is 0.877. The molecule has 2 aromatic rings. The predicted octanol–water partition coefficient (Wildman–Crippen LogP) is 1.75. The lowest BCUT2D eigenvalue weighted by atomic mass is 9.95. The Bertz CT molecular complexity index is 573. The number of carbonyl (C=O) groups is 1. The first kappa shape index (κ1) is 17.1. The van der Waals surface area contributed by atoms with E-state index in [1.165, 1.54) is 0 Å². The second kappa shape index (κ2) is 7.75. The fourth-order valence-corrected chi connectivity index (χ4v) is 1.87. The van der Waals surface area contributed by atoms with Gasteiger partial charge in [-0.3, -0.25) is 4.79 Å². The van der Waals surface area contributed by atoms with Gasteiger partial charge >= 0.3 is 0 Å². The Kier molecular flexibility index (Phi) is 6.33. The lowest BCUT2D eigenvalue weighted by molar-refractivity contribution is -0.125. The third kappa shape index (κ3) is 4.54. The van der Waals surface area contributed by atoms with E-state index >= 15 is 0 Å². The summed E-state index contributed by atoms with van der Waals surface area (Å²) >= 11 is 0. The molecule has 7 heteroatoms. The second-order valence-electron chi connectivity index (χ2n) is 4.67. The van der Waals surface area contributed by atoms with E-state index in [0.717, 1.165) is 5.56 Å². The van der Waals surface area contributed by atoms with Crippen molar-refractivity contribution in [1.29, 1.82) is 0 Å². The van der Waals surface area contributed by atoms with E-state index in [1.54, 1.807) is 13.8 Å². The van der Waals surface area contributed by atoms with E-state index in [9.17, 15) is 4.79 Å². The number of amides is 1. The molecule has 2 atom stereocenters. The number of nitrogens with one attached hydrogen (secondary N) is 1. The van der Waals surface area contributed by atoms with Crippen LogP contribution in [0.5, 0.6) is 0 Å². The number of carbonyl (C=O) groups excluding carboxylic acids is 1. The Labute approximate surface area is 129 Å². The molecule has 3 N–H and O–H groups in total. The van der Waals surface area contributed by atoms with Crippen LogP contribution in [0.25, 0.3) is 0 Å². The van der Waals surface area contributed by atoms with Crippen LogP contribution in [0.2, 0.25) is 0 Å². The minimum Gasteiger partial charge on any atom is -0.348 e. The summed E-state index contributed by atoms with van der Waals surface area (Å²) < 4.78 is 4.84. The lowest BCUT2D eigenvalue weighted by Crippen LogP contribution is -2.35. The summed E-state index contributed by atoms with van der Waals surface area (Å²) in [5.41, 5.74) is 7.04. The van der Waals surface area contributed by atoms with Crippen LogP contribution in [0, 0.1) is 12.8 Å². The SMILES string of the molecule is Cc1nc(CNC(=O)C(C)C(N)c2ccccc2)no1.Cl. The molecule has 2 unspecified atom stereocenters. The van der Waals surface area contributed by atoms with Gasteiger partial charge in [0.1, 0.15) is 0 Å². The predicted molar refractivity (Wildman–Crippen MR) is 80.7 cm³/mol. The number of nitrogens with zero attached hydrogens (tertiary/aromatic N) is 2. The van der Waals surface area contributed by atoms with Crippen LogP contribution in [0.15, 0.2) is 34.9 Å². The molecule has 0 fully saturated rings. The van der Waals surface area contributed by atoms with Crippen LogP contribution < -0.4 is 11.1 Å². The van der Waals surface area contributed by atoms with Gasteiger partial charge in [-0.25, -0.2) is 0 Å². The first-order valence-corrected chi connectivity index (χ1v) is 6.45. The first-order chi connectivity index (χ1) is 9.58. The van der Waals surface area contributed by atoms with Gasteiger partial charge in [0.25, 0.3) is 0 Å². The van der Waals surface area contributed by atoms with Crippen molar-refractivity contribution in [1.82, 2.24) is 15.5 Å². The molecule has 2 rings (SSSR count). The molecule has 0 saturated carbocycles. The van der Waals surface area contributed by atoms with E-state index in [1.807, 2.05) is 30.3 Å². The van der Waals surface area contributed by atoms with E-state index in [0.29, 0.717) is 11.7 Å². The van der Waals surface area contributed by atoms with Gasteiger partial charge in [0.15, 0.2) is 5.82 Å². The summed E-state index contributed by atoms with van der Waals surface area (Å²) in [6.45, 7) is 3.74. The fourth-order valence-electron chi connectivity index (χ4n) is 1.87. The van der Waals surface area contributed by atoms with Crippen molar-refractivity contribution in [3.8, 4) is 0 Å². The van der Waals surface area contributed by atoms with Crippen molar-refractivity contribution in [2.45, 2.75) is 26.4 Å². The maximum Gasteiger partial charge on any atom is 0.225 e. The molecule has 0 aliphatic rings. The molecule has 1 heterocycles. The molecular weight excluding hydrogens is 292 g/mol. The Morgan fingerprint density at radius 2 is 2.05 bits per heavy atom. The van der Waals surface area contributed by atoms with Gasteiger partial charge in [0, 0.05) is 13.0 Å². The molecule has 6 nitrogen and oxygen atoms in total. The molecular formula is C14H19ClN4O2. The number of halogens is 1. The molecule has 1 aromatic heterocycles. The van der Waals surface area contributed by atoms with Crippen LogP contribution in [0.3, 0.4) is 0 Å². The molecule has 0 spiro atoms.